The van der Waals surface area contributed by atoms with E-state index >= 15 is 0 Å². The number of nitrogens with zero attached hydrogens (tertiary/aromatic N) is 2. The second kappa shape index (κ2) is 5.84. The lowest BCUT2D eigenvalue weighted by Gasteiger charge is -2.11. The van der Waals surface area contributed by atoms with Crippen molar-refractivity contribution in [2.24, 2.45) is 0 Å². The molecule has 23 heavy (non-hydrogen) atoms. The maximum Gasteiger partial charge on any atom is 0.230 e. The predicted molar refractivity (Wildman–Crippen MR) is 93.5 cm³/mol. The van der Waals surface area contributed by atoms with Gasteiger partial charge in [0.25, 0.3) is 0 Å². The lowest BCUT2D eigenvalue weighted by molar-refractivity contribution is 0.451. The Morgan fingerprint density at radius 3 is 1.74 bits per heavy atom. The van der Waals surface area contributed by atoms with Crippen LogP contribution in [0.15, 0.2) is 42.6 Å². The van der Waals surface area contributed by atoms with E-state index in [2.05, 4.69) is 61.9 Å². The van der Waals surface area contributed by atoms with E-state index in [1.807, 2.05) is 12.1 Å². The van der Waals surface area contributed by atoms with E-state index < -0.39 is 0 Å². The average Bonchev–Trinajstić information content (AvgIpc) is 2.53. The Kier molecular flexibility index (Phi) is 3.87. The fraction of sp³-hybridized carbons (Fsp3) is 0.200. The first-order chi connectivity index (χ1) is 11.0. The molecular formula is C20H20N2O. The number of rotatable bonds is 2. The van der Waals surface area contributed by atoms with Crippen molar-refractivity contribution in [3.63, 3.8) is 0 Å². The van der Waals surface area contributed by atoms with E-state index in [4.69, 9.17) is 0 Å². The van der Waals surface area contributed by atoms with Crippen molar-refractivity contribution in [1.29, 1.82) is 0 Å². The SMILES string of the molecule is Cc1ccc(-c2ncc(O)nc2-c2ccc(C)c(C)c2)cc1C. The molecule has 0 bridgehead atoms. The van der Waals surface area contributed by atoms with Gasteiger partial charge in [0.15, 0.2) is 0 Å². The van der Waals surface area contributed by atoms with Gasteiger partial charge >= 0.3 is 0 Å². The molecule has 0 radical (unpaired) electrons. The molecule has 0 saturated carbocycles. The van der Waals surface area contributed by atoms with Crippen molar-refractivity contribution in [1.82, 2.24) is 9.97 Å². The van der Waals surface area contributed by atoms with E-state index in [0.29, 0.717) is 5.69 Å². The van der Waals surface area contributed by atoms with Crippen LogP contribution in [0.2, 0.25) is 0 Å². The Hall–Kier alpha value is -2.68. The molecule has 0 aliphatic carbocycles. The summed E-state index contributed by atoms with van der Waals surface area (Å²) in [6.45, 7) is 8.33. The molecule has 3 heteroatoms. The van der Waals surface area contributed by atoms with E-state index in [9.17, 15) is 5.11 Å². The van der Waals surface area contributed by atoms with Crippen LogP contribution in [0.1, 0.15) is 22.3 Å². The van der Waals surface area contributed by atoms with Crippen LogP contribution in [0.4, 0.5) is 0 Å². The highest BCUT2D eigenvalue weighted by Crippen LogP contribution is 2.31. The second-order valence-corrected chi connectivity index (χ2v) is 6.02. The molecule has 0 atom stereocenters. The number of hydrogen-bond donors (Lipinski definition) is 1. The summed E-state index contributed by atoms with van der Waals surface area (Å²) < 4.78 is 0. The van der Waals surface area contributed by atoms with Gasteiger partial charge in [-0.2, -0.15) is 0 Å². The Labute approximate surface area is 136 Å². The second-order valence-electron chi connectivity index (χ2n) is 6.02. The molecule has 0 saturated heterocycles. The minimum Gasteiger partial charge on any atom is -0.492 e. The quantitative estimate of drug-likeness (QED) is 0.743. The monoisotopic (exact) mass is 304 g/mol. The topological polar surface area (TPSA) is 46.0 Å². The highest BCUT2D eigenvalue weighted by molar-refractivity contribution is 5.79. The highest BCUT2D eigenvalue weighted by Gasteiger charge is 2.13. The fourth-order valence-corrected chi connectivity index (χ4v) is 2.57. The lowest BCUT2D eigenvalue weighted by atomic mass is 9.98. The summed E-state index contributed by atoms with van der Waals surface area (Å²) >= 11 is 0. The van der Waals surface area contributed by atoms with Crippen LogP contribution in [0.5, 0.6) is 5.88 Å². The number of aromatic hydroxyl groups is 1. The number of hydrogen-bond acceptors (Lipinski definition) is 3. The minimum atomic E-state index is -0.0641. The van der Waals surface area contributed by atoms with Crippen LogP contribution >= 0.6 is 0 Å². The van der Waals surface area contributed by atoms with E-state index in [1.54, 1.807) is 0 Å². The zero-order valence-corrected chi connectivity index (χ0v) is 13.9. The summed E-state index contributed by atoms with van der Waals surface area (Å²) in [5.74, 6) is -0.0641. The molecule has 0 aliphatic heterocycles. The molecule has 0 unspecified atom stereocenters. The smallest absolute Gasteiger partial charge is 0.230 e. The third-order valence-electron chi connectivity index (χ3n) is 4.32. The largest absolute Gasteiger partial charge is 0.492 e. The maximum atomic E-state index is 9.79. The van der Waals surface area contributed by atoms with Gasteiger partial charge in [0.2, 0.25) is 5.88 Å². The standard InChI is InChI=1S/C20H20N2O/c1-12-5-7-16(9-14(12)3)19-20(22-18(23)11-21-19)17-8-6-13(2)15(4)10-17/h5-11H,1-4H3,(H,22,23). The van der Waals surface area contributed by atoms with Crippen LogP contribution in [0.25, 0.3) is 22.5 Å². The Balaban J connectivity index is 2.21. The highest BCUT2D eigenvalue weighted by atomic mass is 16.3. The average molecular weight is 304 g/mol. The molecular weight excluding hydrogens is 284 g/mol. The fourth-order valence-electron chi connectivity index (χ4n) is 2.57. The van der Waals surface area contributed by atoms with E-state index in [0.717, 1.165) is 16.8 Å². The molecule has 1 heterocycles. The van der Waals surface area contributed by atoms with Crippen molar-refractivity contribution in [2.45, 2.75) is 27.7 Å². The van der Waals surface area contributed by atoms with Gasteiger partial charge < -0.3 is 5.11 Å². The summed E-state index contributed by atoms with van der Waals surface area (Å²) in [7, 11) is 0. The van der Waals surface area contributed by atoms with Gasteiger partial charge in [0, 0.05) is 11.1 Å². The van der Waals surface area contributed by atoms with Gasteiger partial charge in [0.1, 0.15) is 5.69 Å². The normalized spacial score (nSPS) is 10.8. The predicted octanol–water partition coefficient (Wildman–Crippen LogP) is 4.75. The first kappa shape index (κ1) is 15.2. The van der Waals surface area contributed by atoms with Crippen LogP contribution < -0.4 is 0 Å². The number of aryl methyl sites for hydroxylation is 4. The summed E-state index contributed by atoms with van der Waals surface area (Å²) in [4.78, 5) is 8.77. The summed E-state index contributed by atoms with van der Waals surface area (Å²) in [5.41, 5.74) is 8.34. The van der Waals surface area contributed by atoms with E-state index in [1.165, 1.54) is 28.5 Å². The Morgan fingerprint density at radius 2 is 1.22 bits per heavy atom. The Bertz CT molecular complexity index is 885. The molecule has 1 N–H and O–H groups in total. The van der Waals surface area contributed by atoms with E-state index in [-0.39, 0.29) is 5.88 Å². The van der Waals surface area contributed by atoms with Crippen molar-refractivity contribution >= 4 is 0 Å². The zero-order valence-electron chi connectivity index (χ0n) is 13.9. The molecule has 3 nitrogen and oxygen atoms in total. The molecule has 1 aromatic heterocycles. The van der Waals surface area contributed by atoms with Gasteiger partial charge in [0.05, 0.1) is 11.9 Å². The van der Waals surface area contributed by atoms with Crippen LogP contribution in [0.3, 0.4) is 0 Å². The Morgan fingerprint density at radius 1 is 0.696 bits per heavy atom. The first-order valence-corrected chi connectivity index (χ1v) is 7.67. The molecule has 0 amide bonds. The first-order valence-electron chi connectivity index (χ1n) is 7.67. The summed E-state index contributed by atoms with van der Waals surface area (Å²) in [5, 5.41) is 9.79. The summed E-state index contributed by atoms with van der Waals surface area (Å²) in [6, 6.07) is 12.4. The number of benzene rings is 2. The molecule has 0 fully saturated rings. The van der Waals surface area contributed by atoms with Gasteiger partial charge in [-0.05, 0) is 62.1 Å². The van der Waals surface area contributed by atoms with Gasteiger partial charge in [-0.15, -0.1) is 0 Å². The zero-order chi connectivity index (χ0) is 16.6. The molecule has 2 aromatic carbocycles. The molecule has 0 aliphatic rings. The minimum absolute atomic E-state index is 0.0641. The molecule has 3 rings (SSSR count). The van der Waals surface area contributed by atoms with Crippen LogP contribution in [0, 0.1) is 27.7 Å². The van der Waals surface area contributed by atoms with Crippen molar-refractivity contribution in [3.05, 3.63) is 64.8 Å². The van der Waals surface area contributed by atoms with Crippen molar-refractivity contribution in [2.75, 3.05) is 0 Å². The van der Waals surface area contributed by atoms with Crippen molar-refractivity contribution < 1.29 is 5.11 Å². The van der Waals surface area contributed by atoms with Crippen LogP contribution in [-0.2, 0) is 0 Å². The number of aromatic nitrogens is 2. The third kappa shape index (κ3) is 2.95. The van der Waals surface area contributed by atoms with Crippen molar-refractivity contribution in [3.8, 4) is 28.4 Å². The van der Waals surface area contributed by atoms with Gasteiger partial charge in [-0.25, -0.2) is 9.97 Å². The molecule has 3 aromatic rings. The van der Waals surface area contributed by atoms with Crippen LogP contribution in [-0.4, -0.2) is 15.1 Å². The molecule has 0 spiro atoms. The van der Waals surface area contributed by atoms with Gasteiger partial charge in [-0.3, -0.25) is 0 Å². The maximum absolute atomic E-state index is 9.79. The molecule has 116 valence electrons. The summed E-state index contributed by atoms with van der Waals surface area (Å²) in [6.07, 6.45) is 1.40. The lowest BCUT2D eigenvalue weighted by Crippen LogP contribution is -1.95. The third-order valence-corrected chi connectivity index (χ3v) is 4.32. The van der Waals surface area contributed by atoms with Gasteiger partial charge in [-0.1, -0.05) is 24.3 Å².